The van der Waals surface area contributed by atoms with Gasteiger partial charge in [-0.3, -0.25) is 4.79 Å². The third-order valence-electron chi connectivity index (χ3n) is 3.85. The molecule has 3 aromatic rings. The van der Waals surface area contributed by atoms with Crippen LogP contribution in [0, 0.1) is 19.7 Å². The van der Waals surface area contributed by atoms with Gasteiger partial charge >= 0.3 is 0 Å². The van der Waals surface area contributed by atoms with Crippen molar-refractivity contribution in [1.29, 1.82) is 0 Å². The first-order chi connectivity index (χ1) is 13.1. The van der Waals surface area contributed by atoms with Crippen LogP contribution < -0.4 is 4.72 Å². The van der Waals surface area contributed by atoms with Gasteiger partial charge in [0.15, 0.2) is 5.69 Å². The van der Waals surface area contributed by atoms with Crippen molar-refractivity contribution in [1.82, 2.24) is 19.7 Å². The van der Waals surface area contributed by atoms with Crippen molar-refractivity contribution >= 4 is 39.1 Å². The maximum atomic E-state index is 13.9. The van der Waals surface area contributed by atoms with Crippen molar-refractivity contribution in [2.45, 2.75) is 18.7 Å². The van der Waals surface area contributed by atoms with Gasteiger partial charge in [-0.1, -0.05) is 34.5 Å². The Labute approximate surface area is 170 Å². The molecule has 0 saturated heterocycles. The lowest BCUT2D eigenvalue weighted by Crippen LogP contribution is -2.32. The molecule has 7 nitrogen and oxygen atoms in total. The second-order valence-corrected chi connectivity index (χ2v) is 8.39. The molecule has 3 rings (SSSR count). The van der Waals surface area contributed by atoms with Crippen LogP contribution in [0.4, 0.5) is 4.39 Å². The van der Waals surface area contributed by atoms with Gasteiger partial charge in [-0.15, -0.1) is 5.10 Å². The number of aromatic nitrogens is 3. The van der Waals surface area contributed by atoms with Crippen LogP contribution in [0.5, 0.6) is 0 Å². The number of carbonyl (C=O) groups excluding carboxylic acids is 1. The number of rotatable bonds is 4. The zero-order chi connectivity index (χ0) is 20.6. The summed E-state index contributed by atoms with van der Waals surface area (Å²) in [6.45, 7) is 3.39. The summed E-state index contributed by atoms with van der Waals surface area (Å²) in [6, 6.07) is 8.20. The van der Waals surface area contributed by atoms with Gasteiger partial charge in [-0.05, 0) is 49.7 Å². The van der Waals surface area contributed by atoms with E-state index in [9.17, 15) is 17.6 Å². The molecule has 0 atom stereocenters. The molecule has 2 aromatic carbocycles. The zero-order valence-corrected chi connectivity index (χ0v) is 16.9. The van der Waals surface area contributed by atoms with E-state index < -0.39 is 26.6 Å². The van der Waals surface area contributed by atoms with Crippen LogP contribution in [0.15, 0.2) is 41.3 Å². The summed E-state index contributed by atoms with van der Waals surface area (Å²) in [5.41, 5.74) is 1.41. The molecule has 0 aliphatic rings. The highest BCUT2D eigenvalue weighted by Crippen LogP contribution is 2.23. The normalized spacial score (nSPS) is 11.5. The first-order valence-corrected chi connectivity index (χ1v) is 10.0. The lowest BCUT2D eigenvalue weighted by Gasteiger charge is -2.08. The quantitative estimate of drug-likeness (QED) is 0.667. The molecular formula is C17H13Cl2FN4O3S. The molecule has 146 valence electrons. The van der Waals surface area contributed by atoms with Crippen LogP contribution in [0.2, 0.25) is 10.0 Å². The van der Waals surface area contributed by atoms with E-state index >= 15 is 0 Å². The van der Waals surface area contributed by atoms with E-state index in [1.165, 1.54) is 17.7 Å². The number of carbonyl (C=O) groups is 1. The molecule has 0 aliphatic carbocycles. The van der Waals surface area contributed by atoms with Crippen molar-refractivity contribution in [2.24, 2.45) is 0 Å². The largest absolute Gasteiger partial charge is 0.287 e. The van der Waals surface area contributed by atoms with Crippen LogP contribution in [-0.2, 0) is 10.0 Å². The minimum atomic E-state index is -4.51. The molecule has 0 unspecified atom stereocenters. The predicted octanol–water partition coefficient (Wildman–Crippen LogP) is 3.45. The Balaban J connectivity index is 1.94. The summed E-state index contributed by atoms with van der Waals surface area (Å²) in [4.78, 5) is 11.7. The molecule has 1 N–H and O–H groups in total. The monoisotopic (exact) mass is 442 g/mol. The van der Waals surface area contributed by atoms with Gasteiger partial charge in [-0.25, -0.2) is 22.2 Å². The zero-order valence-electron chi connectivity index (χ0n) is 14.6. The number of sulfonamides is 1. The fraction of sp³-hybridized carbons (Fsp3) is 0.118. The Morgan fingerprint density at radius 2 is 1.86 bits per heavy atom. The molecule has 1 heterocycles. The van der Waals surface area contributed by atoms with E-state index in [-0.39, 0.29) is 16.4 Å². The van der Waals surface area contributed by atoms with Crippen LogP contribution in [0.25, 0.3) is 5.69 Å². The predicted molar refractivity (Wildman–Crippen MR) is 102 cm³/mol. The van der Waals surface area contributed by atoms with Crippen molar-refractivity contribution in [3.05, 3.63) is 69.2 Å². The molecule has 11 heteroatoms. The Morgan fingerprint density at radius 1 is 1.14 bits per heavy atom. The molecule has 0 spiro atoms. The number of nitrogens with zero attached hydrogens (tertiary/aromatic N) is 3. The Bertz CT molecular complexity index is 1200. The summed E-state index contributed by atoms with van der Waals surface area (Å²) in [5.74, 6) is -2.11. The van der Waals surface area contributed by atoms with Crippen LogP contribution >= 0.6 is 23.2 Å². The smallest absolute Gasteiger partial charge is 0.266 e. The third-order valence-corrected chi connectivity index (χ3v) is 5.73. The molecular weight excluding hydrogens is 430 g/mol. The highest BCUT2D eigenvalue weighted by Gasteiger charge is 2.26. The highest BCUT2D eigenvalue weighted by atomic mass is 35.5. The molecule has 0 fully saturated rings. The van der Waals surface area contributed by atoms with Gasteiger partial charge in [0.2, 0.25) is 0 Å². The van der Waals surface area contributed by atoms with E-state index in [1.54, 1.807) is 22.9 Å². The number of amides is 1. The second-order valence-electron chi connectivity index (χ2n) is 5.90. The SMILES string of the molecule is Cc1ccc(-n2nnc(C(=O)NS(=O)(=O)c3cc(Cl)ccc3F)c2C)c(Cl)c1. The lowest BCUT2D eigenvalue weighted by atomic mass is 10.2. The van der Waals surface area contributed by atoms with Gasteiger partial charge in [0.1, 0.15) is 10.7 Å². The molecule has 0 aliphatic heterocycles. The summed E-state index contributed by atoms with van der Waals surface area (Å²) >= 11 is 11.9. The first-order valence-electron chi connectivity index (χ1n) is 7.81. The molecule has 0 saturated carbocycles. The number of benzene rings is 2. The molecule has 1 aromatic heterocycles. The Hall–Kier alpha value is -2.49. The van der Waals surface area contributed by atoms with Crippen molar-refractivity contribution < 1.29 is 17.6 Å². The minimum absolute atomic E-state index is 0.00496. The molecule has 0 bridgehead atoms. The molecule has 1 amide bonds. The number of hydrogen-bond acceptors (Lipinski definition) is 5. The Morgan fingerprint density at radius 3 is 2.54 bits per heavy atom. The van der Waals surface area contributed by atoms with E-state index in [0.717, 1.165) is 17.7 Å². The van der Waals surface area contributed by atoms with Gasteiger partial charge in [-0.2, -0.15) is 0 Å². The van der Waals surface area contributed by atoms with Gasteiger partial charge in [0.25, 0.3) is 15.9 Å². The van der Waals surface area contributed by atoms with Crippen molar-refractivity contribution in [3.8, 4) is 5.69 Å². The second kappa shape index (κ2) is 7.50. The summed E-state index contributed by atoms with van der Waals surface area (Å²) < 4.78 is 41.7. The number of nitrogens with one attached hydrogen (secondary N) is 1. The van der Waals surface area contributed by atoms with Gasteiger partial charge in [0, 0.05) is 5.02 Å². The number of halogens is 3. The van der Waals surface area contributed by atoms with Gasteiger partial charge < -0.3 is 0 Å². The maximum Gasteiger partial charge on any atom is 0.287 e. The summed E-state index contributed by atoms with van der Waals surface area (Å²) in [5, 5.41) is 7.98. The summed E-state index contributed by atoms with van der Waals surface area (Å²) in [6.07, 6.45) is 0. The topological polar surface area (TPSA) is 93.9 Å². The average Bonchev–Trinajstić information content (AvgIpc) is 2.98. The van der Waals surface area contributed by atoms with Crippen molar-refractivity contribution in [3.63, 3.8) is 0 Å². The molecule has 0 radical (unpaired) electrons. The maximum absolute atomic E-state index is 13.9. The van der Waals surface area contributed by atoms with Crippen LogP contribution in [0.1, 0.15) is 21.7 Å². The standard InChI is InChI=1S/C17H13Cl2FN4O3S/c1-9-3-6-14(12(19)7-9)24-10(2)16(21-23-24)17(25)22-28(26,27)15-8-11(18)4-5-13(15)20/h3-8H,1-2H3,(H,22,25). The lowest BCUT2D eigenvalue weighted by molar-refractivity contribution is 0.0976. The van der Waals surface area contributed by atoms with Crippen molar-refractivity contribution in [2.75, 3.05) is 0 Å². The molecule has 28 heavy (non-hydrogen) atoms. The van der Waals surface area contributed by atoms with E-state index in [0.29, 0.717) is 10.7 Å². The minimum Gasteiger partial charge on any atom is -0.266 e. The van der Waals surface area contributed by atoms with E-state index in [1.807, 2.05) is 6.92 Å². The highest BCUT2D eigenvalue weighted by molar-refractivity contribution is 7.90. The van der Waals surface area contributed by atoms with E-state index in [4.69, 9.17) is 23.2 Å². The Kier molecular flexibility index (Phi) is 5.42. The number of aryl methyl sites for hydroxylation is 1. The third kappa shape index (κ3) is 3.87. The van der Waals surface area contributed by atoms with Crippen LogP contribution in [0.3, 0.4) is 0 Å². The number of hydrogen-bond donors (Lipinski definition) is 1. The van der Waals surface area contributed by atoms with Crippen LogP contribution in [-0.4, -0.2) is 29.3 Å². The first kappa shape index (κ1) is 20.2. The fourth-order valence-electron chi connectivity index (χ4n) is 2.46. The van der Waals surface area contributed by atoms with E-state index in [2.05, 4.69) is 10.3 Å². The average molecular weight is 443 g/mol. The fourth-order valence-corrected chi connectivity index (χ4v) is 4.07. The summed E-state index contributed by atoms with van der Waals surface area (Å²) in [7, 11) is -4.51. The van der Waals surface area contributed by atoms with Gasteiger partial charge in [0.05, 0.1) is 16.4 Å².